The number of halogens is 18. The molecule has 1 aromatic carbocycles. The van der Waals surface area contributed by atoms with Crippen molar-refractivity contribution in [2.45, 2.75) is 118 Å². The highest BCUT2D eigenvalue weighted by Crippen LogP contribution is 2.57. The maximum absolute atomic E-state index is 13.4. The first kappa shape index (κ1) is 42.0. The highest BCUT2D eigenvalue weighted by Gasteiger charge is 2.87. The van der Waals surface area contributed by atoms with Crippen molar-refractivity contribution in [2.24, 2.45) is 5.92 Å². The molecule has 0 atom stereocenters. The summed E-state index contributed by atoms with van der Waals surface area (Å²) in [5, 5.41) is 0. The smallest absolute Gasteiger partial charge is 0.350 e. The predicted octanol–water partition coefficient (Wildman–Crippen LogP) is 11.5. The number of alkyl halides is 18. The monoisotopic (exact) mass is 740 g/mol. The molecule has 0 amide bonds. The fraction of sp³-hybridized carbons (Fsp3) is 0.786. The van der Waals surface area contributed by atoms with Gasteiger partial charge < -0.3 is 9.47 Å². The molecule has 0 aromatic heterocycles. The molecule has 1 aliphatic rings. The topological polar surface area (TPSA) is 18.5 Å². The van der Waals surface area contributed by atoms with Gasteiger partial charge in [0, 0.05) is 5.92 Å². The summed E-state index contributed by atoms with van der Waals surface area (Å²) in [5.41, 5.74) is -14.5. The zero-order chi connectivity index (χ0) is 37.2. The molecule has 0 bridgehead atoms. The average molecular weight is 741 g/mol. The minimum absolute atomic E-state index is 0.200. The quantitative estimate of drug-likeness (QED) is 0.157. The molecule has 0 saturated heterocycles. The molecule has 0 aliphatic heterocycles. The van der Waals surface area contributed by atoms with Crippen molar-refractivity contribution in [2.75, 3.05) is 13.2 Å². The van der Waals surface area contributed by atoms with Crippen LogP contribution in [-0.4, -0.2) is 61.5 Å². The number of unbranched alkanes of at least 4 members (excludes halogenated alkanes) is 2. The van der Waals surface area contributed by atoms with E-state index in [4.69, 9.17) is 0 Å². The van der Waals surface area contributed by atoms with Gasteiger partial charge in [-0.15, -0.1) is 0 Å². The molecule has 1 fully saturated rings. The molecule has 0 N–H and O–H groups in total. The van der Waals surface area contributed by atoms with Gasteiger partial charge in [0.25, 0.3) is 0 Å². The molecule has 48 heavy (non-hydrogen) atoms. The number of ether oxygens (including phenoxy) is 2. The van der Waals surface area contributed by atoms with Gasteiger partial charge in [-0.3, -0.25) is 0 Å². The molecular formula is C28H30F18O2. The van der Waals surface area contributed by atoms with E-state index in [1.165, 1.54) is 0 Å². The summed E-state index contributed by atoms with van der Waals surface area (Å²) in [6, 6.07) is 3.68. The minimum Gasteiger partial charge on any atom is -0.350 e. The summed E-state index contributed by atoms with van der Waals surface area (Å²) < 4.78 is 248. The summed E-state index contributed by atoms with van der Waals surface area (Å²) in [5.74, 6) is -2.70. The van der Waals surface area contributed by atoms with Gasteiger partial charge >= 0.3 is 48.3 Å². The van der Waals surface area contributed by atoms with Gasteiger partial charge in [0.05, 0.1) is 13.2 Å². The lowest BCUT2D eigenvalue weighted by molar-refractivity contribution is -0.462. The Morgan fingerprint density at radius 3 is 1.21 bits per heavy atom. The van der Waals surface area contributed by atoms with Gasteiger partial charge in [-0.2, -0.15) is 79.0 Å². The second-order valence-corrected chi connectivity index (χ2v) is 11.5. The van der Waals surface area contributed by atoms with Crippen LogP contribution in [0.5, 0.6) is 0 Å². The Hall–Kier alpha value is -2.12. The zero-order valence-corrected chi connectivity index (χ0v) is 24.7. The number of hydrogen-bond donors (Lipinski definition) is 0. The summed E-state index contributed by atoms with van der Waals surface area (Å²) >= 11 is 0. The van der Waals surface area contributed by atoms with Crippen LogP contribution in [0.2, 0.25) is 0 Å². The van der Waals surface area contributed by atoms with Crippen molar-refractivity contribution in [3.8, 4) is 0 Å². The van der Waals surface area contributed by atoms with E-state index in [-0.39, 0.29) is 5.92 Å². The summed E-state index contributed by atoms with van der Waals surface area (Å²) in [6.07, 6.45) is -37.5. The minimum atomic E-state index is -7.36. The van der Waals surface area contributed by atoms with Crippen LogP contribution in [0.4, 0.5) is 79.0 Å². The van der Waals surface area contributed by atoms with E-state index >= 15 is 0 Å². The van der Waals surface area contributed by atoms with Crippen molar-refractivity contribution in [3.63, 3.8) is 0 Å². The Morgan fingerprint density at radius 1 is 0.542 bits per heavy atom. The molecule has 20 heteroatoms. The van der Waals surface area contributed by atoms with Crippen molar-refractivity contribution in [1.29, 1.82) is 0 Å². The van der Waals surface area contributed by atoms with E-state index in [2.05, 4.69) is 9.47 Å². The number of hydrogen-bond acceptors (Lipinski definition) is 2. The zero-order valence-electron chi connectivity index (χ0n) is 24.7. The summed E-state index contributed by atoms with van der Waals surface area (Å²) in [6.45, 7) is -3.25. The summed E-state index contributed by atoms with van der Waals surface area (Å²) in [4.78, 5) is 0. The van der Waals surface area contributed by atoms with Crippen molar-refractivity contribution < 1.29 is 88.5 Å². The first-order valence-corrected chi connectivity index (χ1v) is 14.4. The van der Waals surface area contributed by atoms with E-state index in [0.29, 0.717) is 24.3 Å². The van der Waals surface area contributed by atoms with Gasteiger partial charge in [-0.25, -0.2) is 0 Å². The molecule has 0 radical (unpaired) electrons. The summed E-state index contributed by atoms with van der Waals surface area (Å²) in [7, 11) is 0. The maximum Gasteiger partial charge on any atom is 0.435 e. The third kappa shape index (κ3) is 8.60. The van der Waals surface area contributed by atoms with Crippen LogP contribution < -0.4 is 0 Å². The normalized spacial score (nSPS) is 19.7. The van der Waals surface area contributed by atoms with Gasteiger partial charge in [-0.05, 0) is 48.6 Å². The highest BCUT2D eigenvalue weighted by atomic mass is 19.4. The van der Waals surface area contributed by atoms with Crippen molar-refractivity contribution in [1.82, 2.24) is 0 Å². The molecule has 1 saturated carbocycles. The molecule has 280 valence electrons. The molecular weight excluding hydrogens is 710 g/mol. The Balaban J connectivity index is 2.54. The van der Waals surface area contributed by atoms with E-state index < -0.39 is 73.0 Å². The van der Waals surface area contributed by atoms with Crippen molar-refractivity contribution in [3.05, 3.63) is 35.4 Å². The first-order valence-electron chi connectivity index (χ1n) is 14.4. The van der Waals surface area contributed by atoms with Gasteiger partial charge in [0.15, 0.2) is 0 Å². The van der Waals surface area contributed by atoms with Gasteiger partial charge in [-0.1, -0.05) is 56.9 Å². The number of rotatable bonds is 12. The third-order valence-electron chi connectivity index (χ3n) is 8.34. The Kier molecular flexibility index (Phi) is 12.8. The molecule has 2 nitrogen and oxygen atoms in total. The fourth-order valence-corrected chi connectivity index (χ4v) is 5.65. The molecule has 0 unspecified atom stereocenters. The molecule has 0 spiro atoms. The standard InChI is InChI=1S/C28H30F18O2/c1-2-3-4-5-16-6-8-17(9-7-16)18-10-12-19(13-11-18)20(14-47-21(23(29,30)31,24(32,33)34)25(35,36)37)15-48-22(26(38,39)40,27(41,42)43)28(44,45)46/h10-13,16-17,20H,2-9,14-15H2,1H3. The van der Waals surface area contributed by atoms with Crippen LogP contribution in [0, 0.1) is 5.92 Å². The highest BCUT2D eigenvalue weighted by molar-refractivity contribution is 5.28. The molecule has 1 aromatic rings. The van der Waals surface area contributed by atoms with Crippen LogP contribution >= 0.6 is 0 Å². The Morgan fingerprint density at radius 2 is 0.896 bits per heavy atom. The molecule has 0 heterocycles. The molecule has 1 aliphatic carbocycles. The number of benzene rings is 1. The maximum atomic E-state index is 13.4. The lowest BCUT2D eigenvalue weighted by Gasteiger charge is -2.40. The average Bonchev–Trinajstić information content (AvgIpc) is 2.88. The first-order chi connectivity index (χ1) is 21.6. The van der Waals surface area contributed by atoms with Crippen LogP contribution in [-0.2, 0) is 9.47 Å². The van der Waals surface area contributed by atoms with Gasteiger partial charge in [0.1, 0.15) is 0 Å². The second-order valence-electron chi connectivity index (χ2n) is 11.5. The van der Waals surface area contributed by atoms with Crippen LogP contribution in [0.15, 0.2) is 24.3 Å². The van der Waals surface area contributed by atoms with E-state index in [9.17, 15) is 79.0 Å². The lowest BCUT2D eigenvalue weighted by Crippen LogP contribution is -2.68. The predicted molar refractivity (Wildman–Crippen MR) is 132 cm³/mol. The molecule has 2 rings (SSSR count). The second kappa shape index (κ2) is 14.6. The van der Waals surface area contributed by atoms with E-state index in [1.807, 2.05) is 6.92 Å². The largest absolute Gasteiger partial charge is 0.435 e. The Labute approximate surface area is 262 Å². The van der Waals surface area contributed by atoms with Crippen LogP contribution in [0.1, 0.15) is 81.3 Å². The lowest BCUT2D eigenvalue weighted by atomic mass is 9.77. The fourth-order valence-electron chi connectivity index (χ4n) is 5.65. The van der Waals surface area contributed by atoms with E-state index in [0.717, 1.165) is 62.8 Å². The third-order valence-corrected chi connectivity index (χ3v) is 8.34. The van der Waals surface area contributed by atoms with E-state index in [1.54, 1.807) is 0 Å². The van der Waals surface area contributed by atoms with Crippen molar-refractivity contribution >= 4 is 0 Å². The van der Waals surface area contributed by atoms with Gasteiger partial charge in [0.2, 0.25) is 0 Å². The van der Waals surface area contributed by atoms with Crippen LogP contribution in [0.3, 0.4) is 0 Å². The van der Waals surface area contributed by atoms with Crippen LogP contribution in [0.25, 0.3) is 0 Å². The Bertz CT molecular complexity index is 1010. The SMILES string of the molecule is CCCCCC1CCC(c2ccc(C(COC(C(F)(F)F)(C(F)(F)F)C(F)(F)F)COC(C(F)(F)F)(C(F)(F)F)C(F)(F)F)cc2)CC1.